The Balaban J connectivity index is 2.43. The SMILES string of the molecule is CCCCc1c(C=O)nnn1-c1cccc(C)c1. The maximum Gasteiger partial charge on any atom is 0.172 e. The number of aryl methyl sites for hydroxylation is 1. The van der Waals surface area contributed by atoms with Gasteiger partial charge in [0.1, 0.15) is 5.69 Å². The second-order valence-corrected chi connectivity index (χ2v) is 4.39. The molecule has 0 unspecified atom stereocenters. The van der Waals surface area contributed by atoms with E-state index in [1.807, 2.05) is 31.2 Å². The van der Waals surface area contributed by atoms with Crippen molar-refractivity contribution < 1.29 is 4.79 Å². The summed E-state index contributed by atoms with van der Waals surface area (Å²) in [6, 6.07) is 8.04. The fourth-order valence-corrected chi connectivity index (χ4v) is 1.95. The van der Waals surface area contributed by atoms with Crippen LogP contribution in [0.15, 0.2) is 24.3 Å². The van der Waals surface area contributed by atoms with Crippen molar-refractivity contribution in [2.45, 2.75) is 33.1 Å². The van der Waals surface area contributed by atoms with Crippen LogP contribution in [0, 0.1) is 6.92 Å². The molecular formula is C14H17N3O. The molecule has 0 saturated carbocycles. The molecule has 0 aliphatic heterocycles. The van der Waals surface area contributed by atoms with E-state index >= 15 is 0 Å². The third-order valence-corrected chi connectivity index (χ3v) is 2.92. The molecule has 1 heterocycles. The molecule has 0 aliphatic rings. The molecule has 4 nitrogen and oxygen atoms in total. The Morgan fingerprint density at radius 2 is 2.22 bits per heavy atom. The highest BCUT2D eigenvalue weighted by atomic mass is 16.1. The molecule has 0 fully saturated rings. The Morgan fingerprint density at radius 1 is 1.39 bits per heavy atom. The van der Waals surface area contributed by atoms with Crippen molar-refractivity contribution in [1.82, 2.24) is 15.0 Å². The predicted molar refractivity (Wildman–Crippen MR) is 70.1 cm³/mol. The molecule has 0 N–H and O–H groups in total. The zero-order chi connectivity index (χ0) is 13.0. The Kier molecular flexibility index (Phi) is 3.87. The quantitative estimate of drug-likeness (QED) is 0.759. The fraction of sp³-hybridized carbons (Fsp3) is 0.357. The maximum atomic E-state index is 11.0. The molecule has 0 atom stereocenters. The third-order valence-electron chi connectivity index (χ3n) is 2.92. The minimum absolute atomic E-state index is 0.449. The van der Waals surface area contributed by atoms with Crippen LogP contribution in [0.1, 0.15) is 41.5 Å². The minimum atomic E-state index is 0.449. The number of aromatic nitrogens is 3. The standard InChI is InChI=1S/C14H17N3O/c1-3-4-8-14-13(10-18)15-16-17(14)12-7-5-6-11(2)9-12/h5-7,9-10H,3-4,8H2,1-2H3. The summed E-state index contributed by atoms with van der Waals surface area (Å²) in [5, 5.41) is 8.03. The molecule has 0 radical (unpaired) electrons. The highest BCUT2D eigenvalue weighted by Crippen LogP contribution is 2.15. The van der Waals surface area contributed by atoms with Gasteiger partial charge in [-0.25, -0.2) is 4.68 Å². The van der Waals surface area contributed by atoms with Crippen molar-refractivity contribution in [3.05, 3.63) is 41.2 Å². The van der Waals surface area contributed by atoms with E-state index in [2.05, 4.69) is 17.2 Å². The molecule has 0 amide bonds. The zero-order valence-electron chi connectivity index (χ0n) is 10.8. The molecular weight excluding hydrogens is 226 g/mol. The van der Waals surface area contributed by atoms with Crippen LogP contribution in [0.2, 0.25) is 0 Å². The van der Waals surface area contributed by atoms with Gasteiger partial charge in [0, 0.05) is 0 Å². The van der Waals surface area contributed by atoms with Crippen LogP contribution in [0.4, 0.5) is 0 Å². The first-order chi connectivity index (χ1) is 8.76. The van der Waals surface area contributed by atoms with E-state index in [-0.39, 0.29) is 0 Å². The van der Waals surface area contributed by atoms with Crippen molar-refractivity contribution in [2.24, 2.45) is 0 Å². The van der Waals surface area contributed by atoms with E-state index in [9.17, 15) is 4.79 Å². The summed E-state index contributed by atoms with van der Waals surface area (Å²) in [4.78, 5) is 11.0. The molecule has 1 aromatic heterocycles. The van der Waals surface area contributed by atoms with Crippen molar-refractivity contribution in [3.63, 3.8) is 0 Å². The number of hydrogen-bond donors (Lipinski definition) is 0. The van der Waals surface area contributed by atoms with Gasteiger partial charge in [0.15, 0.2) is 6.29 Å². The second-order valence-electron chi connectivity index (χ2n) is 4.39. The normalized spacial score (nSPS) is 10.6. The number of benzene rings is 1. The van der Waals surface area contributed by atoms with Crippen LogP contribution < -0.4 is 0 Å². The molecule has 2 rings (SSSR count). The van der Waals surface area contributed by atoms with Gasteiger partial charge in [0.25, 0.3) is 0 Å². The van der Waals surface area contributed by atoms with Crippen molar-refractivity contribution in [2.75, 3.05) is 0 Å². The van der Waals surface area contributed by atoms with E-state index in [0.29, 0.717) is 5.69 Å². The highest BCUT2D eigenvalue weighted by Gasteiger charge is 2.13. The summed E-state index contributed by atoms with van der Waals surface area (Å²) in [5.74, 6) is 0. The van der Waals surface area contributed by atoms with Gasteiger partial charge in [-0.05, 0) is 37.5 Å². The lowest BCUT2D eigenvalue weighted by Gasteiger charge is -2.06. The lowest BCUT2D eigenvalue weighted by atomic mass is 10.1. The minimum Gasteiger partial charge on any atom is -0.296 e. The lowest BCUT2D eigenvalue weighted by molar-refractivity contribution is 0.111. The van der Waals surface area contributed by atoms with Gasteiger partial charge in [-0.3, -0.25) is 4.79 Å². The molecule has 2 aromatic rings. The summed E-state index contributed by atoms with van der Waals surface area (Å²) >= 11 is 0. The highest BCUT2D eigenvalue weighted by molar-refractivity contribution is 5.73. The largest absolute Gasteiger partial charge is 0.296 e. The predicted octanol–water partition coefficient (Wildman–Crippen LogP) is 2.73. The molecule has 0 spiro atoms. The Hall–Kier alpha value is -1.97. The average Bonchev–Trinajstić information content (AvgIpc) is 2.79. The first-order valence-corrected chi connectivity index (χ1v) is 6.23. The van der Waals surface area contributed by atoms with Gasteiger partial charge in [0.2, 0.25) is 0 Å². The van der Waals surface area contributed by atoms with Gasteiger partial charge in [-0.2, -0.15) is 0 Å². The summed E-state index contributed by atoms with van der Waals surface area (Å²) in [5.41, 5.74) is 3.47. The fourth-order valence-electron chi connectivity index (χ4n) is 1.95. The second kappa shape index (κ2) is 5.58. The van der Waals surface area contributed by atoms with Gasteiger partial charge >= 0.3 is 0 Å². The number of aldehydes is 1. The summed E-state index contributed by atoms with van der Waals surface area (Å²) in [7, 11) is 0. The van der Waals surface area contributed by atoms with Gasteiger partial charge in [-0.15, -0.1) is 5.10 Å². The van der Waals surface area contributed by atoms with Gasteiger partial charge in [-0.1, -0.05) is 30.7 Å². The summed E-state index contributed by atoms with van der Waals surface area (Å²) in [6.45, 7) is 4.16. The third kappa shape index (κ3) is 2.47. The van der Waals surface area contributed by atoms with Gasteiger partial charge < -0.3 is 0 Å². The van der Waals surface area contributed by atoms with Crippen molar-refractivity contribution >= 4 is 6.29 Å². The molecule has 18 heavy (non-hydrogen) atoms. The Morgan fingerprint density at radius 3 is 2.89 bits per heavy atom. The first-order valence-electron chi connectivity index (χ1n) is 6.23. The zero-order valence-corrected chi connectivity index (χ0v) is 10.8. The van der Waals surface area contributed by atoms with E-state index < -0.39 is 0 Å². The van der Waals surface area contributed by atoms with Crippen molar-refractivity contribution in [1.29, 1.82) is 0 Å². The van der Waals surface area contributed by atoms with Crippen LogP contribution >= 0.6 is 0 Å². The molecule has 0 saturated heterocycles. The number of rotatable bonds is 5. The monoisotopic (exact) mass is 243 g/mol. The molecule has 94 valence electrons. The van der Waals surface area contributed by atoms with E-state index in [0.717, 1.165) is 42.5 Å². The van der Waals surface area contributed by atoms with Crippen LogP contribution in [0.25, 0.3) is 5.69 Å². The smallest absolute Gasteiger partial charge is 0.172 e. The molecule has 0 bridgehead atoms. The van der Waals surface area contributed by atoms with Crippen LogP contribution in [0.3, 0.4) is 0 Å². The van der Waals surface area contributed by atoms with Gasteiger partial charge in [0.05, 0.1) is 11.4 Å². The Labute approximate surface area is 107 Å². The number of unbranched alkanes of at least 4 members (excludes halogenated alkanes) is 1. The van der Waals surface area contributed by atoms with E-state index in [1.54, 1.807) is 4.68 Å². The van der Waals surface area contributed by atoms with E-state index in [1.165, 1.54) is 0 Å². The van der Waals surface area contributed by atoms with Crippen LogP contribution in [-0.2, 0) is 6.42 Å². The van der Waals surface area contributed by atoms with Crippen molar-refractivity contribution in [3.8, 4) is 5.69 Å². The average molecular weight is 243 g/mol. The van der Waals surface area contributed by atoms with E-state index in [4.69, 9.17) is 0 Å². The lowest BCUT2D eigenvalue weighted by Crippen LogP contribution is -2.04. The van der Waals surface area contributed by atoms with Crippen LogP contribution in [0.5, 0.6) is 0 Å². The number of carbonyl (C=O) groups excluding carboxylic acids is 1. The molecule has 0 aliphatic carbocycles. The summed E-state index contributed by atoms with van der Waals surface area (Å²) < 4.78 is 1.77. The number of hydrogen-bond acceptors (Lipinski definition) is 3. The topological polar surface area (TPSA) is 47.8 Å². The maximum absolute atomic E-state index is 11.0. The van der Waals surface area contributed by atoms with Crippen LogP contribution in [-0.4, -0.2) is 21.3 Å². The molecule has 4 heteroatoms. The Bertz CT molecular complexity index is 546. The summed E-state index contributed by atoms with van der Waals surface area (Å²) in [6.07, 6.45) is 3.72. The number of nitrogens with zero attached hydrogens (tertiary/aromatic N) is 3. The molecule has 1 aromatic carbocycles. The number of carbonyl (C=O) groups is 1. The first kappa shape index (κ1) is 12.5.